The first-order valence-electron chi connectivity index (χ1n) is 5.96. The summed E-state index contributed by atoms with van der Waals surface area (Å²) in [5.41, 5.74) is 2.02. The fourth-order valence-electron chi connectivity index (χ4n) is 1.68. The third kappa shape index (κ3) is 3.42. The summed E-state index contributed by atoms with van der Waals surface area (Å²) in [6.45, 7) is 1.86. The Kier molecular flexibility index (Phi) is 3.85. The average molecular weight is 289 g/mol. The highest BCUT2D eigenvalue weighted by molar-refractivity contribution is 7.90. The summed E-state index contributed by atoms with van der Waals surface area (Å²) in [7, 11) is -3.20. The summed E-state index contributed by atoms with van der Waals surface area (Å²) < 4.78 is 22.7. The molecule has 0 aliphatic carbocycles. The number of hydrogen-bond donors (Lipinski definition) is 2. The van der Waals surface area contributed by atoms with Crippen LogP contribution in [0.4, 0.5) is 5.69 Å². The minimum Gasteiger partial charge on any atom is -0.339 e. The van der Waals surface area contributed by atoms with Crippen LogP contribution in [0.5, 0.6) is 0 Å². The van der Waals surface area contributed by atoms with E-state index < -0.39 is 9.84 Å². The van der Waals surface area contributed by atoms with Crippen LogP contribution in [-0.2, 0) is 9.84 Å². The second kappa shape index (κ2) is 5.42. The highest BCUT2D eigenvalue weighted by Gasteiger charge is 2.07. The van der Waals surface area contributed by atoms with Gasteiger partial charge in [0, 0.05) is 17.6 Å². The van der Waals surface area contributed by atoms with Crippen LogP contribution in [0.2, 0.25) is 0 Å². The molecular weight excluding hydrogens is 274 g/mol. The van der Waals surface area contributed by atoms with Gasteiger partial charge < -0.3 is 5.32 Å². The maximum Gasteiger partial charge on any atom is 0.175 e. The molecule has 0 amide bonds. The Hall–Kier alpha value is -2.21. The number of anilines is 1. The van der Waals surface area contributed by atoms with Crippen LogP contribution in [-0.4, -0.2) is 25.5 Å². The number of rotatable bonds is 3. The zero-order valence-corrected chi connectivity index (χ0v) is 12.0. The van der Waals surface area contributed by atoms with Crippen LogP contribution in [0.25, 0.3) is 0 Å². The molecular formula is C14H15N3O2S. The second-order valence-corrected chi connectivity index (χ2v) is 6.48. The molecule has 0 spiro atoms. The minimum absolute atomic E-state index is 0.167. The van der Waals surface area contributed by atoms with Gasteiger partial charge in [-0.3, -0.25) is 5.41 Å². The fourth-order valence-corrected chi connectivity index (χ4v) is 2.31. The highest BCUT2D eigenvalue weighted by Crippen LogP contribution is 2.14. The molecule has 0 saturated carbocycles. The summed E-state index contributed by atoms with van der Waals surface area (Å²) in [5, 5.41) is 10.8. The number of nitrogens with one attached hydrogen (secondary N) is 2. The Morgan fingerprint density at radius 1 is 1.15 bits per heavy atom. The van der Waals surface area contributed by atoms with Crippen molar-refractivity contribution in [3.05, 3.63) is 53.9 Å². The van der Waals surface area contributed by atoms with Gasteiger partial charge in [-0.1, -0.05) is 6.07 Å². The number of pyridine rings is 1. The van der Waals surface area contributed by atoms with Gasteiger partial charge in [-0.25, -0.2) is 13.4 Å². The predicted molar refractivity (Wildman–Crippen MR) is 79.0 cm³/mol. The third-order valence-electron chi connectivity index (χ3n) is 2.70. The van der Waals surface area contributed by atoms with Crippen LogP contribution in [0.3, 0.4) is 0 Å². The normalized spacial score (nSPS) is 11.1. The second-order valence-electron chi connectivity index (χ2n) is 4.46. The number of aryl methyl sites for hydroxylation is 1. The van der Waals surface area contributed by atoms with Crippen molar-refractivity contribution in [1.29, 1.82) is 5.41 Å². The van der Waals surface area contributed by atoms with Gasteiger partial charge in [0.2, 0.25) is 0 Å². The number of hydrogen-bond acceptors (Lipinski definition) is 4. The van der Waals surface area contributed by atoms with Crippen molar-refractivity contribution in [2.24, 2.45) is 0 Å². The molecule has 6 heteroatoms. The molecule has 0 bridgehead atoms. The highest BCUT2D eigenvalue weighted by atomic mass is 32.2. The van der Waals surface area contributed by atoms with Crippen molar-refractivity contribution in [1.82, 2.24) is 4.98 Å². The Balaban J connectivity index is 2.16. The van der Waals surface area contributed by atoms with Gasteiger partial charge in [0.25, 0.3) is 0 Å². The van der Waals surface area contributed by atoms with Crippen molar-refractivity contribution < 1.29 is 8.42 Å². The SMILES string of the molecule is Cc1cccc(C(=N)Nc2ccc(S(C)(=O)=O)cc2)n1. The summed E-state index contributed by atoms with van der Waals surface area (Å²) in [6.07, 6.45) is 1.16. The van der Waals surface area contributed by atoms with E-state index in [0.717, 1.165) is 11.9 Å². The molecule has 1 aromatic heterocycles. The monoisotopic (exact) mass is 289 g/mol. The molecule has 0 unspecified atom stereocenters. The molecule has 2 N–H and O–H groups in total. The van der Waals surface area contributed by atoms with Gasteiger partial charge in [-0.15, -0.1) is 0 Å². The van der Waals surface area contributed by atoms with Gasteiger partial charge in [-0.2, -0.15) is 0 Å². The average Bonchev–Trinajstić information content (AvgIpc) is 2.38. The molecule has 0 atom stereocenters. The van der Waals surface area contributed by atoms with Gasteiger partial charge in [0.15, 0.2) is 9.84 Å². The molecule has 0 saturated heterocycles. The van der Waals surface area contributed by atoms with Gasteiger partial charge in [-0.05, 0) is 43.3 Å². The largest absolute Gasteiger partial charge is 0.339 e. The molecule has 0 fully saturated rings. The summed E-state index contributed by atoms with van der Waals surface area (Å²) >= 11 is 0. The lowest BCUT2D eigenvalue weighted by Crippen LogP contribution is -2.14. The van der Waals surface area contributed by atoms with Gasteiger partial charge in [0.05, 0.1) is 4.90 Å². The minimum atomic E-state index is -3.20. The number of amidine groups is 1. The van der Waals surface area contributed by atoms with Crippen molar-refractivity contribution in [3.8, 4) is 0 Å². The van der Waals surface area contributed by atoms with Crippen LogP contribution in [0.15, 0.2) is 47.4 Å². The summed E-state index contributed by atoms with van der Waals surface area (Å²) in [5.74, 6) is 0.167. The molecule has 0 radical (unpaired) electrons. The number of benzene rings is 1. The van der Waals surface area contributed by atoms with Crippen LogP contribution >= 0.6 is 0 Å². The topological polar surface area (TPSA) is 82.9 Å². The van der Waals surface area contributed by atoms with E-state index in [9.17, 15) is 8.42 Å². The summed E-state index contributed by atoms with van der Waals surface area (Å²) in [6, 6.07) is 11.7. The van der Waals surface area contributed by atoms with Crippen LogP contribution in [0.1, 0.15) is 11.4 Å². The van der Waals surface area contributed by atoms with E-state index in [1.54, 1.807) is 18.2 Å². The van der Waals surface area contributed by atoms with E-state index in [0.29, 0.717) is 11.4 Å². The van der Waals surface area contributed by atoms with Crippen molar-refractivity contribution in [3.63, 3.8) is 0 Å². The first kappa shape index (κ1) is 14.2. The Labute approximate surface area is 118 Å². The lowest BCUT2D eigenvalue weighted by Gasteiger charge is -2.08. The predicted octanol–water partition coefficient (Wildman–Crippen LogP) is 2.23. The molecule has 5 nitrogen and oxygen atoms in total. The molecule has 104 valence electrons. The van der Waals surface area contributed by atoms with Crippen molar-refractivity contribution in [2.45, 2.75) is 11.8 Å². The third-order valence-corrected chi connectivity index (χ3v) is 3.82. The van der Waals surface area contributed by atoms with E-state index in [1.807, 2.05) is 19.1 Å². The number of nitrogens with zero attached hydrogens (tertiary/aromatic N) is 1. The summed E-state index contributed by atoms with van der Waals surface area (Å²) in [4.78, 5) is 4.50. The standard InChI is InChI=1S/C14H15N3O2S/c1-10-4-3-5-13(16-10)14(15)17-11-6-8-12(9-7-11)20(2,18)19/h3-9H,1-2H3,(H2,15,17). The molecule has 1 heterocycles. The quantitative estimate of drug-likeness (QED) is 0.670. The van der Waals surface area contributed by atoms with E-state index in [1.165, 1.54) is 12.1 Å². The maximum atomic E-state index is 11.4. The molecule has 0 aliphatic heterocycles. The van der Waals surface area contributed by atoms with E-state index in [4.69, 9.17) is 5.41 Å². The van der Waals surface area contributed by atoms with Crippen LogP contribution in [0, 0.1) is 12.3 Å². The van der Waals surface area contributed by atoms with Crippen LogP contribution < -0.4 is 5.32 Å². The maximum absolute atomic E-state index is 11.4. The fraction of sp³-hybridized carbons (Fsp3) is 0.143. The molecule has 0 aliphatic rings. The number of aromatic nitrogens is 1. The zero-order valence-electron chi connectivity index (χ0n) is 11.2. The van der Waals surface area contributed by atoms with E-state index >= 15 is 0 Å². The Morgan fingerprint density at radius 2 is 1.80 bits per heavy atom. The molecule has 2 rings (SSSR count). The molecule has 1 aromatic carbocycles. The number of sulfone groups is 1. The van der Waals surface area contributed by atoms with E-state index in [2.05, 4.69) is 10.3 Å². The molecule has 20 heavy (non-hydrogen) atoms. The first-order chi connectivity index (χ1) is 9.36. The van der Waals surface area contributed by atoms with Crippen molar-refractivity contribution in [2.75, 3.05) is 11.6 Å². The van der Waals surface area contributed by atoms with Gasteiger partial charge in [0.1, 0.15) is 11.5 Å². The lowest BCUT2D eigenvalue weighted by molar-refractivity contribution is 0.602. The zero-order chi connectivity index (χ0) is 14.8. The van der Waals surface area contributed by atoms with Gasteiger partial charge >= 0.3 is 0 Å². The van der Waals surface area contributed by atoms with Crippen molar-refractivity contribution >= 4 is 21.4 Å². The lowest BCUT2D eigenvalue weighted by atomic mass is 10.2. The smallest absolute Gasteiger partial charge is 0.175 e. The van der Waals surface area contributed by atoms with E-state index in [-0.39, 0.29) is 10.7 Å². The Morgan fingerprint density at radius 3 is 2.35 bits per heavy atom. The Bertz CT molecular complexity index is 737. The first-order valence-corrected chi connectivity index (χ1v) is 7.85. The molecule has 2 aromatic rings.